The first-order chi connectivity index (χ1) is 14.8. The van der Waals surface area contributed by atoms with Crippen molar-refractivity contribution in [1.82, 2.24) is 0 Å². The number of rotatable bonds is 6. The molecule has 0 radical (unpaired) electrons. The van der Waals surface area contributed by atoms with Crippen molar-refractivity contribution in [3.63, 3.8) is 0 Å². The Balaban J connectivity index is 1.71. The van der Waals surface area contributed by atoms with Crippen LogP contribution in [0.2, 0.25) is 5.02 Å². The van der Waals surface area contributed by atoms with E-state index in [9.17, 15) is 18.8 Å². The largest absolute Gasteiger partial charge is 0.452 e. The lowest BCUT2D eigenvalue weighted by Crippen LogP contribution is -2.22. The van der Waals surface area contributed by atoms with Gasteiger partial charge in [-0.25, -0.2) is 9.18 Å². The molecule has 0 atom stereocenters. The molecule has 0 aliphatic heterocycles. The Morgan fingerprint density at radius 3 is 2.32 bits per heavy atom. The van der Waals surface area contributed by atoms with Gasteiger partial charge in [-0.1, -0.05) is 41.9 Å². The Morgan fingerprint density at radius 1 is 0.935 bits per heavy atom. The van der Waals surface area contributed by atoms with Crippen molar-refractivity contribution < 1.29 is 23.5 Å². The molecule has 0 bridgehead atoms. The lowest BCUT2D eigenvalue weighted by atomic mass is 9.96. The molecule has 0 aliphatic rings. The minimum atomic E-state index is -0.834. The lowest BCUT2D eigenvalue weighted by molar-refractivity contribution is -0.119. The van der Waals surface area contributed by atoms with Crippen LogP contribution in [0.1, 0.15) is 37.4 Å². The number of anilines is 1. The first kappa shape index (κ1) is 22.2. The molecular formula is C24H19ClFNO4. The summed E-state index contributed by atoms with van der Waals surface area (Å²) in [6.45, 7) is 3.19. The number of nitrogens with one attached hydrogen (secondary N) is 1. The minimum absolute atomic E-state index is 0.0381. The normalized spacial score (nSPS) is 10.5. The Kier molecular flexibility index (Phi) is 6.82. The number of halogens is 2. The second kappa shape index (κ2) is 9.53. The SMILES string of the molecule is Cc1ccc(C(=O)c2ccccc2C(=O)OCC(=O)Nc2ccc(Cl)cc2F)cc1C. The number of hydrogen-bond acceptors (Lipinski definition) is 4. The number of carbonyl (C=O) groups is 3. The topological polar surface area (TPSA) is 72.5 Å². The molecule has 3 rings (SSSR count). The van der Waals surface area contributed by atoms with Crippen molar-refractivity contribution in [1.29, 1.82) is 0 Å². The summed E-state index contributed by atoms with van der Waals surface area (Å²) in [6, 6.07) is 15.3. The Hall–Kier alpha value is -3.51. The Morgan fingerprint density at radius 2 is 1.65 bits per heavy atom. The van der Waals surface area contributed by atoms with Gasteiger partial charge >= 0.3 is 5.97 Å². The molecule has 1 amide bonds. The van der Waals surface area contributed by atoms with Crippen molar-refractivity contribution in [3.8, 4) is 0 Å². The van der Waals surface area contributed by atoms with E-state index in [4.69, 9.17) is 16.3 Å². The Bertz CT molecular complexity index is 1180. The molecule has 0 unspecified atom stereocenters. The van der Waals surface area contributed by atoms with E-state index in [-0.39, 0.29) is 27.6 Å². The highest BCUT2D eigenvalue weighted by Crippen LogP contribution is 2.20. The zero-order valence-corrected chi connectivity index (χ0v) is 17.6. The van der Waals surface area contributed by atoms with Crippen LogP contribution in [-0.2, 0) is 9.53 Å². The second-order valence-corrected chi connectivity index (χ2v) is 7.36. The standard InChI is InChI=1S/C24H19ClFNO4/c1-14-7-8-16(11-15(14)2)23(29)18-5-3-4-6-19(18)24(30)31-13-22(28)27-21-10-9-17(25)12-20(21)26/h3-12H,13H2,1-2H3,(H,27,28). The summed E-state index contributed by atoms with van der Waals surface area (Å²) in [5, 5.41) is 2.49. The van der Waals surface area contributed by atoms with E-state index >= 15 is 0 Å². The lowest BCUT2D eigenvalue weighted by Gasteiger charge is -2.11. The summed E-state index contributed by atoms with van der Waals surface area (Å²) in [4.78, 5) is 37.5. The van der Waals surface area contributed by atoms with Crippen LogP contribution in [0.3, 0.4) is 0 Å². The van der Waals surface area contributed by atoms with E-state index in [1.54, 1.807) is 24.3 Å². The summed E-state index contributed by atoms with van der Waals surface area (Å²) in [6.07, 6.45) is 0. The van der Waals surface area contributed by atoms with Crippen molar-refractivity contribution in [3.05, 3.63) is 99.3 Å². The molecule has 0 spiro atoms. The van der Waals surface area contributed by atoms with Crippen LogP contribution < -0.4 is 5.32 Å². The third-order valence-electron chi connectivity index (χ3n) is 4.70. The summed E-state index contributed by atoms with van der Waals surface area (Å²) < 4.78 is 18.8. The molecule has 0 fully saturated rings. The van der Waals surface area contributed by atoms with Crippen molar-refractivity contribution >= 4 is 34.9 Å². The van der Waals surface area contributed by atoms with E-state index in [1.807, 2.05) is 19.9 Å². The van der Waals surface area contributed by atoms with Gasteiger partial charge in [-0.15, -0.1) is 0 Å². The maximum Gasteiger partial charge on any atom is 0.339 e. The molecule has 0 saturated heterocycles. The van der Waals surface area contributed by atoms with E-state index in [2.05, 4.69) is 5.32 Å². The van der Waals surface area contributed by atoms with Crippen LogP contribution in [0, 0.1) is 19.7 Å². The zero-order chi connectivity index (χ0) is 22.5. The van der Waals surface area contributed by atoms with E-state index in [0.29, 0.717) is 5.56 Å². The third-order valence-corrected chi connectivity index (χ3v) is 4.94. The van der Waals surface area contributed by atoms with E-state index in [0.717, 1.165) is 17.2 Å². The van der Waals surface area contributed by atoms with Gasteiger partial charge in [-0.3, -0.25) is 9.59 Å². The molecular weight excluding hydrogens is 421 g/mol. The zero-order valence-electron chi connectivity index (χ0n) is 16.9. The van der Waals surface area contributed by atoms with Crippen molar-refractivity contribution in [2.75, 3.05) is 11.9 Å². The maximum absolute atomic E-state index is 13.8. The second-order valence-electron chi connectivity index (χ2n) is 6.92. The van der Waals surface area contributed by atoms with Crippen LogP contribution in [-0.4, -0.2) is 24.3 Å². The number of hydrogen-bond donors (Lipinski definition) is 1. The van der Waals surface area contributed by atoms with Gasteiger partial charge in [0.05, 0.1) is 11.3 Å². The molecule has 5 nitrogen and oxygen atoms in total. The van der Waals surface area contributed by atoms with Crippen LogP contribution in [0.4, 0.5) is 10.1 Å². The van der Waals surface area contributed by atoms with Crippen LogP contribution in [0.25, 0.3) is 0 Å². The number of amides is 1. The monoisotopic (exact) mass is 439 g/mol. The number of ketones is 1. The molecule has 3 aromatic carbocycles. The smallest absolute Gasteiger partial charge is 0.339 e. The summed E-state index contributed by atoms with van der Waals surface area (Å²) >= 11 is 5.68. The predicted molar refractivity (Wildman–Crippen MR) is 116 cm³/mol. The summed E-state index contributed by atoms with van der Waals surface area (Å²) in [7, 11) is 0. The number of benzene rings is 3. The van der Waals surface area contributed by atoms with Gasteiger partial charge in [0.1, 0.15) is 5.82 Å². The average Bonchev–Trinajstić information content (AvgIpc) is 2.75. The number of ether oxygens (including phenoxy) is 1. The van der Waals surface area contributed by atoms with Gasteiger partial charge in [0, 0.05) is 16.1 Å². The fourth-order valence-corrected chi connectivity index (χ4v) is 3.04. The highest BCUT2D eigenvalue weighted by molar-refractivity contribution is 6.30. The first-order valence-corrected chi connectivity index (χ1v) is 9.77. The Labute approximate surface area is 183 Å². The quantitative estimate of drug-likeness (QED) is 0.427. The molecule has 0 saturated carbocycles. The summed E-state index contributed by atoms with van der Waals surface area (Å²) in [5.41, 5.74) is 2.57. The molecule has 3 aromatic rings. The molecule has 0 heterocycles. The first-order valence-electron chi connectivity index (χ1n) is 9.39. The molecule has 0 aliphatic carbocycles. The minimum Gasteiger partial charge on any atom is -0.452 e. The summed E-state index contributed by atoms with van der Waals surface area (Å²) in [5.74, 6) is -2.60. The van der Waals surface area contributed by atoms with Gasteiger partial charge in [0.2, 0.25) is 0 Å². The van der Waals surface area contributed by atoms with Gasteiger partial charge in [-0.05, 0) is 55.3 Å². The van der Waals surface area contributed by atoms with Crippen molar-refractivity contribution in [2.45, 2.75) is 13.8 Å². The third kappa shape index (κ3) is 5.35. The van der Waals surface area contributed by atoms with Gasteiger partial charge in [0.15, 0.2) is 12.4 Å². The molecule has 31 heavy (non-hydrogen) atoms. The fraction of sp³-hybridized carbons (Fsp3) is 0.125. The molecule has 7 heteroatoms. The maximum atomic E-state index is 13.8. The van der Waals surface area contributed by atoms with E-state index in [1.165, 1.54) is 24.3 Å². The molecule has 0 aromatic heterocycles. The van der Waals surface area contributed by atoms with Crippen LogP contribution in [0.15, 0.2) is 60.7 Å². The van der Waals surface area contributed by atoms with Crippen LogP contribution >= 0.6 is 11.6 Å². The van der Waals surface area contributed by atoms with Gasteiger partial charge in [0.25, 0.3) is 5.91 Å². The highest BCUT2D eigenvalue weighted by atomic mass is 35.5. The molecule has 158 valence electrons. The number of carbonyl (C=O) groups excluding carboxylic acids is 3. The molecule has 1 N–H and O–H groups in total. The van der Waals surface area contributed by atoms with Gasteiger partial charge < -0.3 is 10.1 Å². The van der Waals surface area contributed by atoms with E-state index < -0.39 is 24.3 Å². The van der Waals surface area contributed by atoms with Crippen LogP contribution in [0.5, 0.6) is 0 Å². The average molecular weight is 440 g/mol. The number of esters is 1. The highest BCUT2D eigenvalue weighted by Gasteiger charge is 2.20. The van der Waals surface area contributed by atoms with Gasteiger partial charge in [-0.2, -0.15) is 0 Å². The fourth-order valence-electron chi connectivity index (χ4n) is 2.88. The number of aryl methyl sites for hydroxylation is 2. The van der Waals surface area contributed by atoms with Crippen molar-refractivity contribution in [2.24, 2.45) is 0 Å². The predicted octanol–water partition coefficient (Wildman–Crippen LogP) is 5.12.